The highest BCUT2D eigenvalue weighted by Gasteiger charge is 2.28. The molecular weight excluding hydrogens is 172 g/mol. The lowest BCUT2D eigenvalue weighted by atomic mass is 10.5. The molecular formula is C12H28Si. The quantitative estimate of drug-likeness (QED) is 0.486. The summed E-state index contributed by atoms with van der Waals surface area (Å²) in [6.07, 6.45) is 4.38. The molecule has 0 rings (SSSR count). The van der Waals surface area contributed by atoms with E-state index in [4.69, 9.17) is 4.11 Å². The first-order valence-electron chi connectivity index (χ1n) is 7.74. The van der Waals surface area contributed by atoms with Crippen molar-refractivity contribution in [2.75, 3.05) is 0 Å². The van der Waals surface area contributed by atoms with E-state index in [0.717, 1.165) is 19.3 Å². The van der Waals surface area contributed by atoms with E-state index < -0.39 is 8.07 Å². The summed E-state index contributed by atoms with van der Waals surface area (Å²) in [6.45, 7) is 3.92. The molecule has 0 N–H and O–H groups in total. The van der Waals surface area contributed by atoms with Crippen molar-refractivity contribution >= 4 is 8.07 Å². The molecule has 0 radical (unpaired) electrons. The van der Waals surface area contributed by atoms with Crippen LogP contribution in [0.25, 0.3) is 0 Å². The summed E-state index contributed by atoms with van der Waals surface area (Å²) in [7, 11) is -1.22. The Morgan fingerprint density at radius 3 is 1.46 bits per heavy atom. The molecule has 0 aromatic carbocycles. The Morgan fingerprint density at radius 2 is 1.15 bits per heavy atom. The first kappa shape index (κ1) is 8.52. The molecule has 0 aromatic heterocycles. The van der Waals surface area contributed by atoms with Crippen LogP contribution in [0.1, 0.15) is 57.4 Å². The Hall–Kier alpha value is 0.217. The predicted octanol–water partition coefficient (Wildman–Crippen LogP) is 5.08. The van der Waals surface area contributed by atoms with Gasteiger partial charge in [0.15, 0.2) is 0 Å². The van der Waals surface area contributed by atoms with Gasteiger partial charge in [0.2, 0.25) is 0 Å². The lowest BCUT2D eigenvalue weighted by molar-refractivity contribution is 0.881. The van der Waals surface area contributed by atoms with Crippen LogP contribution in [0.5, 0.6) is 0 Å². The van der Waals surface area contributed by atoms with E-state index in [-0.39, 0.29) is 0 Å². The highest BCUT2D eigenvalue weighted by atomic mass is 28.3. The summed E-state index contributed by atoms with van der Waals surface area (Å²) >= 11 is 0. The molecule has 1 heteroatoms. The molecule has 0 unspecified atom stereocenters. The van der Waals surface area contributed by atoms with E-state index in [1.807, 2.05) is 0 Å². The average Bonchev–Trinajstić information content (AvgIpc) is 2.31. The zero-order chi connectivity index (χ0) is 12.3. The average molecular weight is 206 g/mol. The maximum absolute atomic E-state index is 7.32. The zero-order valence-electron chi connectivity index (χ0n) is 12.3. The van der Waals surface area contributed by atoms with Crippen LogP contribution in [0.15, 0.2) is 0 Å². The second kappa shape index (κ2) is 7.60. The minimum absolute atomic E-state index is 0.556. The van der Waals surface area contributed by atoms with Crippen LogP contribution in [0, 0.1) is 0 Å². The Balaban J connectivity index is 4.32. The fourth-order valence-corrected chi connectivity index (χ4v) is 7.22. The highest BCUT2D eigenvalue weighted by Crippen LogP contribution is 2.31. The molecule has 0 aliphatic rings. The van der Waals surface area contributed by atoms with Gasteiger partial charge in [-0.3, -0.25) is 0 Å². The number of hydrogen-bond donors (Lipinski definition) is 0. The third kappa shape index (κ3) is 4.85. The normalized spacial score (nSPS) is 15.0. The molecule has 0 spiro atoms. The van der Waals surface area contributed by atoms with Crippen LogP contribution < -0.4 is 0 Å². The van der Waals surface area contributed by atoms with Gasteiger partial charge in [-0.05, 0) is 0 Å². The summed E-state index contributed by atoms with van der Waals surface area (Å²) in [4.78, 5) is 0. The standard InChI is InChI=1S/C12H28Si/c1-5-9-13(10-6-2,11-7-3)12-8-4/h5-12H2,1-4H3/i1T,2T,3T. The van der Waals surface area contributed by atoms with Gasteiger partial charge in [0, 0.05) is 4.11 Å². The Labute approximate surface area is 90.3 Å². The minimum atomic E-state index is -1.22. The fourth-order valence-electron chi connectivity index (χ4n) is 2.41. The third-order valence-electron chi connectivity index (χ3n) is 2.90. The molecule has 0 atom stereocenters. The SMILES string of the molecule is [3H]CCC[Si](CCC)(CCC[3H])CCC[3H]. The molecule has 0 nitrogen and oxygen atoms in total. The highest BCUT2D eigenvalue weighted by molar-refractivity contribution is 6.79. The van der Waals surface area contributed by atoms with E-state index in [1.54, 1.807) is 0 Å². The van der Waals surface area contributed by atoms with Crippen LogP contribution in [0.3, 0.4) is 0 Å². The Bertz CT molecular complexity index is 131. The summed E-state index contributed by atoms with van der Waals surface area (Å²) in [5.74, 6) is 0. The molecule has 0 saturated heterocycles. The van der Waals surface area contributed by atoms with Crippen molar-refractivity contribution in [3.63, 3.8) is 0 Å². The van der Waals surface area contributed by atoms with Gasteiger partial charge in [-0.2, -0.15) is 0 Å². The van der Waals surface area contributed by atoms with Gasteiger partial charge < -0.3 is 0 Å². The first-order chi connectivity index (χ1) is 7.74. The van der Waals surface area contributed by atoms with Gasteiger partial charge in [-0.15, -0.1) is 0 Å². The fraction of sp³-hybridized carbons (Fsp3) is 1.00. The van der Waals surface area contributed by atoms with Crippen LogP contribution >= 0.6 is 0 Å². The molecule has 0 heterocycles. The van der Waals surface area contributed by atoms with Crippen molar-refractivity contribution < 1.29 is 4.11 Å². The lowest BCUT2D eigenvalue weighted by Gasteiger charge is -2.31. The summed E-state index contributed by atoms with van der Waals surface area (Å²) in [6, 6.07) is 5.16. The van der Waals surface area contributed by atoms with Crippen molar-refractivity contribution in [1.82, 2.24) is 0 Å². The van der Waals surface area contributed by atoms with Crippen LogP contribution in [-0.2, 0) is 0 Å². The monoisotopic (exact) mass is 206 g/mol. The predicted molar refractivity (Wildman–Crippen MR) is 66.1 cm³/mol. The Morgan fingerprint density at radius 1 is 0.769 bits per heavy atom. The van der Waals surface area contributed by atoms with E-state index in [0.29, 0.717) is 20.7 Å². The van der Waals surface area contributed by atoms with E-state index in [1.165, 1.54) is 30.6 Å². The summed E-state index contributed by atoms with van der Waals surface area (Å²) in [5.41, 5.74) is 0. The lowest BCUT2D eigenvalue weighted by Crippen LogP contribution is -2.32. The van der Waals surface area contributed by atoms with E-state index in [9.17, 15) is 0 Å². The van der Waals surface area contributed by atoms with Crippen molar-refractivity contribution in [2.45, 2.75) is 77.5 Å². The van der Waals surface area contributed by atoms with Crippen molar-refractivity contribution in [3.8, 4) is 0 Å². The van der Waals surface area contributed by atoms with Crippen molar-refractivity contribution in [2.24, 2.45) is 0 Å². The maximum Gasteiger partial charge on any atom is 0.0535 e. The molecule has 0 aromatic rings. The van der Waals surface area contributed by atoms with Crippen LogP contribution in [0.4, 0.5) is 0 Å². The molecule has 0 aliphatic carbocycles. The van der Waals surface area contributed by atoms with Gasteiger partial charge in [-0.1, -0.05) is 77.5 Å². The van der Waals surface area contributed by atoms with Gasteiger partial charge in [-0.25, -0.2) is 0 Å². The maximum atomic E-state index is 7.32. The molecule has 80 valence electrons. The zero-order valence-corrected chi connectivity index (χ0v) is 10.3. The molecule has 0 aliphatic heterocycles. The van der Waals surface area contributed by atoms with Crippen molar-refractivity contribution in [1.29, 1.82) is 0 Å². The molecule has 0 fully saturated rings. The van der Waals surface area contributed by atoms with Gasteiger partial charge in [0.25, 0.3) is 0 Å². The Kier molecular flexibility index (Phi) is 4.98. The second-order valence-electron chi connectivity index (χ2n) is 4.06. The van der Waals surface area contributed by atoms with E-state index in [2.05, 4.69) is 6.92 Å². The van der Waals surface area contributed by atoms with Crippen molar-refractivity contribution in [3.05, 3.63) is 0 Å². The van der Waals surface area contributed by atoms with Crippen LogP contribution in [-0.4, -0.2) is 8.07 Å². The van der Waals surface area contributed by atoms with Gasteiger partial charge in [0.05, 0.1) is 8.07 Å². The summed E-state index contributed by atoms with van der Waals surface area (Å²) < 4.78 is 22.0. The van der Waals surface area contributed by atoms with Crippen LogP contribution in [0.2, 0.25) is 24.2 Å². The molecule has 0 bridgehead atoms. The van der Waals surface area contributed by atoms with Gasteiger partial charge >= 0.3 is 0 Å². The summed E-state index contributed by atoms with van der Waals surface area (Å²) in [5, 5.41) is 0. The largest absolute Gasteiger partial charge is 0.0657 e. The molecule has 0 amide bonds. The van der Waals surface area contributed by atoms with E-state index >= 15 is 0 Å². The topological polar surface area (TPSA) is 0 Å². The first-order valence-corrected chi connectivity index (χ1v) is 8.45. The number of rotatable bonds is 8. The molecule has 13 heavy (non-hydrogen) atoms. The second-order valence-corrected chi connectivity index (χ2v) is 9.06. The minimum Gasteiger partial charge on any atom is -0.0657 e. The molecule has 0 saturated carbocycles. The number of hydrogen-bond acceptors (Lipinski definition) is 0. The smallest absolute Gasteiger partial charge is 0.0535 e. The third-order valence-corrected chi connectivity index (χ3v) is 8.70. The van der Waals surface area contributed by atoms with Gasteiger partial charge in [0.1, 0.15) is 0 Å².